The Balaban J connectivity index is 1.86. The molecule has 2 heterocycles. The molecule has 0 aromatic heterocycles. The van der Waals surface area contributed by atoms with Gasteiger partial charge in [0.15, 0.2) is 0 Å². The molecule has 27 heavy (non-hydrogen) atoms. The lowest BCUT2D eigenvalue weighted by molar-refractivity contribution is -0.124. The molecule has 4 nitrogen and oxygen atoms in total. The van der Waals surface area contributed by atoms with E-state index in [-0.39, 0.29) is 29.7 Å². The summed E-state index contributed by atoms with van der Waals surface area (Å²) in [6, 6.07) is 16.3. The molecule has 5 rings (SSSR count). The number of fused-ring (bicyclic) bond motifs is 6. The second kappa shape index (κ2) is 5.56. The summed E-state index contributed by atoms with van der Waals surface area (Å²) in [5, 5.41) is 6.68. The van der Waals surface area contributed by atoms with Crippen molar-refractivity contribution in [2.75, 3.05) is 10.6 Å². The summed E-state index contributed by atoms with van der Waals surface area (Å²) in [6.07, 6.45) is 3.03. The van der Waals surface area contributed by atoms with Crippen molar-refractivity contribution in [3.05, 3.63) is 71.3 Å². The Morgan fingerprint density at radius 3 is 2.48 bits per heavy atom. The van der Waals surface area contributed by atoms with Gasteiger partial charge in [0.25, 0.3) is 0 Å². The highest BCUT2D eigenvalue weighted by molar-refractivity contribution is 6.08. The Morgan fingerprint density at radius 2 is 1.70 bits per heavy atom. The third-order valence-corrected chi connectivity index (χ3v) is 6.83. The Kier molecular flexibility index (Phi) is 3.36. The summed E-state index contributed by atoms with van der Waals surface area (Å²) < 4.78 is 0. The maximum atomic E-state index is 13.6. The standard InChI is InChI=1S/C23H22N2O2/c1-13-15(12-26)11-17-14(2)24-19-9-5-3-7-16(19)21(17)23(13)18-8-4-6-10-20(18)25-22(23)27/h3-14,17,21,24H,1-2H3,(H,25,27)/t13-,14-,17-,21-,23-/m1/s1. The maximum Gasteiger partial charge on any atom is 0.236 e. The number of allylic oxidation sites excluding steroid dienone is 1. The van der Waals surface area contributed by atoms with Crippen molar-refractivity contribution in [2.24, 2.45) is 11.8 Å². The van der Waals surface area contributed by atoms with Gasteiger partial charge in [0, 0.05) is 35.2 Å². The number of rotatable bonds is 1. The highest BCUT2D eigenvalue weighted by Crippen LogP contribution is 2.61. The molecule has 0 saturated heterocycles. The van der Waals surface area contributed by atoms with Gasteiger partial charge in [-0.15, -0.1) is 0 Å². The van der Waals surface area contributed by atoms with Crippen LogP contribution in [0, 0.1) is 11.8 Å². The zero-order valence-electron chi connectivity index (χ0n) is 15.4. The molecule has 0 bridgehead atoms. The first-order chi connectivity index (χ1) is 13.1. The number of carbonyl (C=O) groups is 2. The van der Waals surface area contributed by atoms with Crippen LogP contribution < -0.4 is 10.6 Å². The van der Waals surface area contributed by atoms with Crippen LogP contribution >= 0.6 is 0 Å². The number of hydrogen-bond acceptors (Lipinski definition) is 3. The summed E-state index contributed by atoms with van der Waals surface area (Å²) >= 11 is 0. The third kappa shape index (κ3) is 1.93. The second-order valence-corrected chi connectivity index (χ2v) is 7.95. The van der Waals surface area contributed by atoms with E-state index in [1.165, 1.54) is 0 Å². The summed E-state index contributed by atoms with van der Waals surface area (Å²) in [4.78, 5) is 25.5. The van der Waals surface area contributed by atoms with Gasteiger partial charge in [-0.3, -0.25) is 9.59 Å². The number of hydrogen-bond donors (Lipinski definition) is 2. The van der Waals surface area contributed by atoms with Crippen molar-refractivity contribution >= 4 is 23.6 Å². The largest absolute Gasteiger partial charge is 0.382 e. The van der Waals surface area contributed by atoms with Gasteiger partial charge in [0.05, 0.1) is 5.41 Å². The van der Waals surface area contributed by atoms with E-state index >= 15 is 0 Å². The first kappa shape index (κ1) is 16.3. The molecule has 1 aliphatic carbocycles. The van der Waals surface area contributed by atoms with Crippen molar-refractivity contribution in [1.29, 1.82) is 0 Å². The Morgan fingerprint density at radius 1 is 1.00 bits per heavy atom. The molecule has 5 atom stereocenters. The average molecular weight is 358 g/mol. The summed E-state index contributed by atoms with van der Waals surface area (Å²) in [5.41, 5.74) is 4.05. The fraction of sp³-hybridized carbons (Fsp3) is 0.304. The van der Waals surface area contributed by atoms with Crippen LogP contribution in [-0.2, 0) is 15.0 Å². The molecule has 2 aromatic carbocycles. The molecule has 2 aliphatic heterocycles. The van der Waals surface area contributed by atoms with Crippen molar-refractivity contribution < 1.29 is 9.59 Å². The number of carbonyl (C=O) groups excluding carboxylic acids is 2. The summed E-state index contributed by atoms with van der Waals surface area (Å²) in [5.74, 6) is -0.152. The number of nitrogens with one attached hydrogen (secondary N) is 2. The van der Waals surface area contributed by atoms with E-state index in [1.807, 2.05) is 43.3 Å². The van der Waals surface area contributed by atoms with Gasteiger partial charge in [0.2, 0.25) is 5.91 Å². The van der Waals surface area contributed by atoms with Crippen molar-refractivity contribution in [3.8, 4) is 0 Å². The minimum Gasteiger partial charge on any atom is -0.382 e. The Labute approximate surface area is 158 Å². The van der Waals surface area contributed by atoms with Crippen LogP contribution in [0.4, 0.5) is 11.4 Å². The van der Waals surface area contributed by atoms with Crippen LogP contribution in [0.5, 0.6) is 0 Å². The van der Waals surface area contributed by atoms with Gasteiger partial charge in [-0.1, -0.05) is 49.4 Å². The zero-order chi connectivity index (χ0) is 18.8. The lowest BCUT2D eigenvalue weighted by Gasteiger charge is -2.52. The Hall–Kier alpha value is -2.88. The van der Waals surface area contributed by atoms with E-state index in [4.69, 9.17) is 0 Å². The first-order valence-corrected chi connectivity index (χ1v) is 9.52. The molecule has 0 radical (unpaired) electrons. The van der Waals surface area contributed by atoms with Gasteiger partial charge in [-0.05, 0) is 35.8 Å². The third-order valence-electron chi connectivity index (χ3n) is 6.83. The van der Waals surface area contributed by atoms with Crippen LogP contribution in [0.15, 0.2) is 60.2 Å². The van der Waals surface area contributed by atoms with Crippen molar-refractivity contribution in [3.63, 3.8) is 0 Å². The molecular formula is C23H22N2O2. The predicted molar refractivity (Wildman–Crippen MR) is 106 cm³/mol. The van der Waals surface area contributed by atoms with E-state index in [2.05, 4.69) is 35.8 Å². The first-order valence-electron chi connectivity index (χ1n) is 9.52. The molecule has 1 spiro atoms. The molecule has 4 heteroatoms. The molecule has 136 valence electrons. The minimum absolute atomic E-state index is 0.00236. The molecule has 0 saturated carbocycles. The highest BCUT2D eigenvalue weighted by Gasteiger charge is 2.62. The van der Waals surface area contributed by atoms with Gasteiger partial charge in [0.1, 0.15) is 6.29 Å². The summed E-state index contributed by atoms with van der Waals surface area (Å²) in [7, 11) is 0. The van der Waals surface area contributed by atoms with Gasteiger partial charge >= 0.3 is 0 Å². The normalized spacial score (nSPS) is 33.3. The van der Waals surface area contributed by atoms with Crippen LogP contribution in [0.1, 0.15) is 30.9 Å². The number of anilines is 2. The quantitative estimate of drug-likeness (QED) is 0.761. The molecule has 0 unspecified atom stereocenters. The van der Waals surface area contributed by atoms with Crippen molar-refractivity contribution in [1.82, 2.24) is 0 Å². The SMILES string of the molecule is C[C@@H]1C(C=O)=C[C@H]2[C@@H](c3ccccc3N[C@@H]2C)[C@@]12C(=O)Nc1ccccc12. The van der Waals surface area contributed by atoms with Crippen LogP contribution in [0.2, 0.25) is 0 Å². The van der Waals surface area contributed by atoms with E-state index < -0.39 is 5.41 Å². The molecule has 2 aromatic rings. The number of para-hydroxylation sites is 2. The number of amides is 1. The lowest BCUT2D eigenvalue weighted by atomic mass is 9.51. The number of benzene rings is 2. The highest BCUT2D eigenvalue weighted by atomic mass is 16.2. The van der Waals surface area contributed by atoms with Gasteiger partial charge in [-0.2, -0.15) is 0 Å². The maximum absolute atomic E-state index is 13.6. The van der Waals surface area contributed by atoms with E-state index in [9.17, 15) is 9.59 Å². The van der Waals surface area contributed by atoms with Crippen molar-refractivity contribution in [2.45, 2.75) is 31.2 Å². The van der Waals surface area contributed by atoms with Gasteiger partial charge in [-0.25, -0.2) is 0 Å². The smallest absolute Gasteiger partial charge is 0.236 e. The summed E-state index contributed by atoms with van der Waals surface area (Å²) in [6.45, 7) is 4.16. The minimum atomic E-state index is -0.779. The predicted octanol–water partition coefficient (Wildman–Crippen LogP) is 3.87. The van der Waals surface area contributed by atoms with E-state index in [0.29, 0.717) is 0 Å². The average Bonchev–Trinajstić information content (AvgIpc) is 2.97. The number of aldehydes is 1. The van der Waals surface area contributed by atoms with Gasteiger partial charge < -0.3 is 10.6 Å². The fourth-order valence-corrected chi connectivity index (χ4v) is 5.61. The Bertz CT molecular complexity index is 995. The molecule has 3 aliphatic rings. The lowest BCUT2D eigenvalue weighted by Crippen LogP contribution is -2.55. The second-order valence-electron chi connectivity index (χ2n) is 7.95. The molecular weight excluding hydrogens is 336 g/mol. The molecule has 0 fully saturated rings. The van der Waals surface area contributed by atoms with E-state index in [1.54, 1.807) is 0 Å². The topological polar surface area (TPSA) is 58.2 Å². The van der Waals surface area contributed by atoms with E-state index in [0.717, 1.165) is 34.4 Å². The monoisotopic (exact) mass is 358 g/mol. The van der Waals surface area contributed by atoms with Crippen LogP contribution in [0.25, 0.3) is 0 Å². The molecule has 1 amide bonds. The van der Waals surface area contributed by atoms with Crippen LogP contribution in [-0.4, -0.2) is 18.2 Å². The zero-order valence-corrected chi connectivity index (χ0v) is 15.4. The van der Waals surface area contributed by atoms with Crippen LogP contribution in [0.3, 0.4) is 0 Å². The fourth-order valence-electron chi connectivity index (χ4n) is 5.61. The molecule has 2 N–H and O–H groups in total.